The molecule has 0 amide bonds. The first-order valence-corrected chi connectivity index (χ1v) is 9.05. The minimum absolute atomic E-state index is 0. The normalized spacial score (nSPS) is 49.6. The summed E-state index contributed by atoms with van der Waals surface area (Å²) in [7, 11) is 0. The van der Waals surface area contributed by atoms with Gasteiger partial charge in [0.25, 0.3) is 0 Å². The summed E-state index contributed by atoms with van der Waals surface area (Å²) in [5, 5.41) is 10.6. The molecule has 0 saturated carbocycles. The molecule has 4 unspecified atom stereocenters. The van der Waals surface area contributed by atoms with Gasteiger partial charge in [-0.1, -0.05) is 12.1 Å². The van der Waals surface area contributed by atoms with Crippen LogP contribution in [-0.4, -0.2) is 59.9 Å². The number of hydrogen-bond acceptors (Lipinski definition) is 6. The van der Waals surface area contributed by atoms with E-state index in [9.17, 15) is 9.90 Å². The van der Waals surface area contributed by atoms with E-state index in [1.54, 1.807) is 0 Å². The molecule has 8 heteroatoms. The monoisotopic (exact) mass is 488 g/mol. The highest BCUT2D eigenvalue weighted by Crippen LogP contribution is 2.52. The Morgan fingerprint density at radius 3 is 2.33 bits per heavy atom. The van der Waals surface area contributed by atoms with E-state index in [1.165, 1.54) is 0 Å². The maximum absolute atomic E-state index is 14.0. The van der Waals surface area contributed by atoms with Crippen LogP contribution >= 0.6 is 22.7 Å². The Morgan fingerprint density at radius 2 is 1.89 bits per heavy atom. The van der Waals surface area contributed by atoms with E-state index < -0.39 is 118 Å². The van der Waals surface area contributed by atoms with Crippen LogP contribution < -0.4 is 17.0 Å². The average molecular weight is 490 g/mol. The zero-order chi connectivity index (χ0) is 32.8. The van der Waals surface area contributed by atoms with E-state index in [1.807, 2.05) is 0 Å². The zero-order valence-corrected chi connectivity index (χ0v) is 16.3. The second kappa shape index (κ2) is 6.64. The second-order valence-electron chi connectivity index (χ2n) is 6.02. The minimum atomic E-state index is -3.78. The quantitative estimate of drug-likeness (QED) is 0.353. The van der Waals surface area contributed by atoms with Crippen LogP contribution in [0.5, 0.6) is 0 Å². The third-order valence-electron chi connectivity index (χ3n) is 4.53. The van der Waals surface area contributed by atoms with Gasteiger partial charge in [0.1, 0.15) is 30.4 Å². The molecule has 5 heterocycles. The number of nitrogens with zero attached hydrogens (tertiary/aromatic N) is 1. The molecule has 2 aromatic rings. The maximum Gasteiger partial charge on any atom is 0.349 e. The summed E-state index contributed by atoms with van der Waals surface area (Å²) in [6.07, 6.45) is -14.1. The van der Waals surface area contributed by atoms with E-state index in [4.69, 9.17) is 32.8 Å². The number of epoxide rings is 1. The lowest BCUT2D eigenvalue weighted by Gasteiger charge is -2.45. The second-order valence-corrected chi connectivity index (χ2v) is 7.65. The fourth-order valence-corrected chi connectivity index (χ4v) is 4.51. The van der Waals surface area contributed by atoms with Crippen molar-refractivity contribution in [3.63, 3.8) is 0 Å². The molecule has 0 spiro atoms. The summed E-state index contributed by atoms with van der Waals surface area (Å²) in [6.45, 7) is -7.16. The number of piperidine rings is 1. The van der Waals surface area contributed by atoms with Gasteiger partial charge in [-0.2, -0.15) is 0 Å². The molecule has 3 fully saturated rings. The van der Waals surface area contributed by atoms with Crippen LogP contribution in [0.25, 0.3) is 0 Å². The Balaban J connectivity index is 0.00000442. The summed E-state index contributed by atoms with van der Waals surface area (Å²) >= 11 is 0.408. The number of morpholine rings is 1. The van der Waals surface area contributed by atoms with Gasteiger partial charge in [-0.15, -0.1) is 22.7 Å². The Morgan fingerprint density at radius 1 is 1.33 bits per heavy atom. The van der Waals surface area contributed by atoms with Gasteiger partial charge in [0, 0.05) is 18.2 Å². The molecule has 5 nitrogen and oxygen atoms in total. The van der Waals surface area contributed by atoms with Crippen LogP contribution in [0.15, 0.2) is 34.9 Å². The standard InChI is InChI=1S/C19H22NO4S2.BrH/c1-20(2)12-9-11(10-13(20)17-16(12)24-17)23-18(21)19(22,14-5-3-7-25-14)15-6-4-8-26-15;/h3-8,11-13,16-17,22H,9-10H2,1-2H3;1H/q+1;/p-1/i1D3,2D3,3D,4D,5D,6D,7D,8D,9D2,10D2,11D;. The number of aliphatic hydroxyl groups is 1. The fourth-order valence-electron chi connectivity index (χ4n) is 3.17. The lowest BCUT2D eigenvalue weighted by atomic mass is 9.95. The Labute approximate surface area is 200 Å². The Bertz CT molecular complexity index is 1440. The number of quaternary nitrogens is 1. The van der Waals surface area contributed by atoms with Gasteiger partial charge >= 0.3 is 5.97 Å². The number of rotatable bonds is 4. The largest absolute Gasteiger partial charge is 1.00 e. The van der Waals surface area contributed by atoms with Crippen LogP contribution in [0.3, 0.4) is 0 Å². The predicted octanol–water partition coefficient (Wildman–Crippen LogP) is -0.650. The van der Waals surface area contributed by atoms with Crippen molar-refractivity contribution in [3.8, 4) is 0 Å². The van der Waals surface area contributed by atoms with Gasteiger partial charge in [-0.3, -0.25) is 0 Å². The van der Waals surface area contributed by atoms with Gasteiger partial charge in [0.2, 0.25) is 5.60 Å². The fraction of sp³-hybridized carbons (Fsp3) is 0.526. The smallest absolute Gasteiger partial charge is 0.349 e. The average Bonchev–Trinajstić information content (AvgIpc) is 3.39. The summed E-state index contributed by atoms with van der Waals surface area (Å²) in [4.78, 5) is 12.3. The summed E-state index contributed by atoms with van der Waals surface area (Å²) in [5.74, 6) is -2.09. The van der Waals surface area contributed by atoms with Crippen LogP contribution in [0.2, 0.25) is 0 Å². The highest BCUT2D eigenvalue weighted by Gasteiger charge is 2.71. The number of fused-ring (bicyclic) bond motifs is 5. The van der Waals surface area contributed by atoms with Crippen LogP contribution in [-0.2, 0) is 19.9 Å². The molecule has 4 atom stereocenters. The molecule has 5 rings (SSSR count). The molecule has 2 aromatic heterocycles. The van der Waals surface area contributed by atoms with Crippen LogP contribution in [0, 0.1) is 0 Å². The molecule has 0 aromatic carbocycles. The highest BCUT2D eigenvalue weighted by molar-refractivity contribution is 7.12. The summed E-state index contributed by atoms with van der Waals surface area (Å²) in [6, 6.07) is -7.98. The number of esters is 1. The van der Waals surface area contributed by atoms with Gasteiger partial charge in [0.15, 0.2) is 0 Å². The molecule has 0 radical (unpaired) electrons. The van der Waals surface area contributed by atoms with E-state index >= 15 is 0 Å². The zero-order valence-electron chi connectivity index (χ0n) is 30.1. The lowest BCUT2D eigenvalue weighted by Crippen LogP contribution is -3.00. The van der Waals surface area contributed by atoms with Crippen molar-refractivity contribution in [2.45, 2.75) is 48.7 Å². The Hall–Kier alpha value is -0.770. The molecule has 3 aliphatic rings. The van der Waals surface area contributed by atoms with E-state index in [2.05, 4.69) is 0 Å². The van der Waals surface area contributed by atoms with Gasteiger partial charge in [0.05, 0.1) is 41.5 Å². The Kier molecular flexibility index (Phi) is 1.92. The molecule has 3 aliphatic heterocycles. The molecular weight excluding hydrogens is 450 g/mol. The molecule has 146 valence electrons. The lowest BCUT2D eigenvalue weighted by molar-refractivity contribution is -0.938. The molecule has 27 heavy (non-hydrogen) atoms. The van der Waals surface area contributed by atoms with Crippen molar-refractivity contribution in [3.05, 3.63) is 44.6 Å². The maximum atomic E-state index is 14.0. The summed E-state index contributed by atoms with van der Waals surface area (Å²) < 4.78 is 149. The van der Waals surface area contributed by atoms with Gasteiger partial charge in [-0.25, -0.2) is 4.79 Å². The topological polar surface area (TPSA) is 59.1 Å². The van der Waals surface area contributed by atoms with E-state index in [-0.39, 0.29) is 39.7 Å². The molecule has 2 bridgehead atoms. The third-order valence-corrected chi connectivity index (χ3v) is 6.14. The van der Waals surface area contributed by atoms with Crippen molar-refractivity contribution in [2.75, 3.05) is 14.0 Å². The number of hydrogen-bond donors (Lipinski definition) is 1. The van der Waals surface area contributed by atoms with E-state index in [0.29, 0.717) is 0 Å². The SMILES string of the molecule is [2H]c1sc(C(O)(C(=O)OC2([2H])C([2H])([2H])C3C4OC4C(C2([2H])[2H])[N+]3(C([2H])([2H])[2H])C([2H])([2H])[2H])c2sc([2H])c([2H])c2[2H])c([2H])c1[2H].[Br-]. The van der Waals surface area contributed by atoms with Crippen LogP contribution in [0.1, 0.15) is 45.8 Å². The molecular formula is C19H22BrNO4S2. The van der Waals surface area contributed by atoms with Crippen molar-refractivity contribution < 1.29 is 64.1 Å². The molecule has 0 aliphatic carbocycles. The predicted molar refractivity (Wildman–Crippen MR) is 99.1 cm³/mol. The van der Waals surface area contributed by atoms with E-state index in [0.717, 1.165) is 0 Å². The number of carbonyl (C=O) groups excluding carboxylic acids is 1. The molecule has 3 saturated heterocycles. The first kappa shape index (κ1) is 7.81. The highest BCUT2D eigenvalue weighted by atomic mass is 79.9. The first-order valence-electron chi connectivity index (χ1n) is 15.9. The molecule has 1 N–H and O–H groups in total. The van der Waals surface area contributed by atoms with Crippen molar-refractivity contribution in [1.29, 1.82) is 0 Å². The third kappa shape index (κ3) is 2.84. The number of carbonyl (C=O) groups is 1. The number of ether oxygens (including phenoxy) is 2. The van der Waals surface area contributed by atoms with Crippen molar-refractivity contribution in [1.82, 2.24) is 0 Å². The first-order chi connectivity index (χ1) is 19.3. The summed E-state index contributed by atoms with van der Waals surface area (Å²) in [5.41, 5.74) is -3.43. The number of likely N-dealkylation sites (N-methyl/N-ethyl adjacent to an activating group) is 1. The minimum Gasteiger partial charge on any atom is -1.00 e. The van der Waals surface area contributed by atoms with Gasteiger partial charge in [-0.05, 0) is 22.8 Å². The number of thiophene rings is 2. The van der Waals surface area contributed by atoms with Gasteiger partial charge < -0.3 is 36.0 Å². The van der Waals surface area contributed by atoms with Crippen LogP contribution in [0.4, 0.5) is 0 Å². The van der Waals surface area contributed by atoms with Crippen molar-refractivity contribution >= 4 is 28.6 Å². The van der Waals surface area contributed by atoms with Crippen molar-refractivity contribution in [2.24, 2.45) is 0 Å². The number of halogens is 1.